The predicted octanol–water partition coefficient (Wildman–Crippen LogP) is 5.38. The molecule has 0 aromatic heterocycles. The molecular weight excluding hydrogens is 415 g/mol. The average molecular weight is 431 g/mol. The first-order chi connectivity index (χ1) is 13.9. The van der Waals surface area contributed by atoms with E-state index in [-0.39, 0.29) is 35.1 Å². The molecule has 2 N–H and O–H groups in total. The van der Waals surface area contributed by atoms with Crippen LogP contribution < -0.4 is 4.74 Å². The van der Waals surface area contributed by atoms with Crippen molar-refractivity contribution in [2.45, 2.75) is 13.0 Å². The first kappa shape index (κ1) is 20.7. The molecule has 0 saturated heterocycles. The molecular formula is C22H16Cl2O5. The molecule has 3 aromatic carbocycles. The Hall–Kier alpha value is -3.02. The number of aliphatic carboxylic acids is 1. The molecule has 0 unspecified atom stereocenters. The summed E-state index contributed by atoms with van der Waals surface area (Å²) >= 11 is 12.7. The quantitative estimate of drug-likeness (QED) is 0.491. The van der Waals surface area contributed by atoms with Crippen LogP contribution in [-0.4, -0.2) is 22.5 Å². The van der Waals surface area contributed by atoms with Crippen LogP contribution >= 0.6 is 23.2 Å². The van der Waals surface area contributed by atoms with Crippen LogP contribution in [0, 0.1) is 0 Å². The van der Waals surface area contributed by atoms with E-state index in [1.807, 2.05) is 18.2 Å². The van der Waals surface area contributed by atoms with Gasteiger partial charge in [-0.1, -0.05) is 65.7 Å². The van der Waals surface area contributed by atoms with Gasteiger partial charge in [-0.3, -0.25) is 9.59 Å². The van der Waals surface area contributed by atoms with Gasteiger partial charge >= 0.3 is 5.97 Å². The van der Waals surface area contributed by atoms with Gasteiger partial charge in [-0.2, -0.15) is 0 Å². The third kappa shape index (κ3) is 4.88. The zero-order valence-corrected chi connectivity index (χ0v) is 16.6. The maximum absolute atomic E-state index is 11.0. The van der Waals surface area contributed by atoms with Gasteiger partial charge in [-0.05, 0) is 17.2 Å². The number of aromatic hydroxyl groups is 1. The van der Waals surface area contributed by atoms with E-state index in [2.05, 4.69) is 0 Å². The number of aldehydes is 1. The van der Waals surface area contributed by atoms with Crippen LogP contribution in [0.15, 0.2) is 54.6 Å². The van der Waals surface area contributed by atoms with E-state index in [0.717, 1.165) is 11.1 Å². The van der Waals surface area contributed by atoms with Crippen molar-refractivity contribution in [1.82, 2.24) is 0 Å². The summed E-state index contributed by atoms with van der Waals surface area (Å²) in [6, 6.07) is 15.2. The van der Waals surface area contributed by atoms with Gasteiger partial charge in [0.1, 0.15) is 18.1 Å². The highest BCUT2D eigenvalue weighted by atomic mass is 35.5. The topological polar surface area (TPSA) is 83.8 Å². The summed E-state index contributed by atoms with van der Waals surface area (Å²) in [6.45, 7) is 0.0844. The fourth-order valence-electron chi connectivity index (χ4n) is 2.86. The molecule has 5 nitrogen and oxygen atoms in total. The molecule has 0 atom stereocenters. The van der Waals surface area contributed by atoms with Crippen molar-refractivity contribution in [1.29, 1.82) is 0 Å². The number of hydrogen-bond donors (Lipinski definition) is 2. The molecule has 0 aliphatic heterocycles. The Kier molecular flexibility index (Phi) is 6.42. The van der Waals surface area contributed by atoms with Crippen LogP contribution in [-0.2, 0) is 17.8 Å². The summed E-state index contributed by atoms with van der Waals surface area (Å²) < 4.78 is 5.68. The lowest BCUT2D eigenvalue weighted by molar-refractivity contribution is -0.136. The summed E-state index contributed by atoms with van der Waals surface area (Å²) in [5.74, 6) is -0.912. The van der Waals surface area contributed by atoms with Gasteiger partial charge in [0.05, 0.1) is 22.0 Å². The number of benzene rings is 3. The van der Waals surface area contributed by atoms with Gasteiger partial charge in [0.2, 0.25) is 0 Å². The van der Waals surface area contributed by atoms with Crippen LogP contribution in [0.5, 0.6) is 11.5 Å². The Morgan fingerprint density at radius 2 is 1.83 bits per heavy atom. The first-order valence-corrected chi connectivity index (χ1v) is 9.33. The number of rotatable bonds is 7. The smallest absolute Gasteiger partial charge is 0.307 e. The maximum Gasteiger partial charge on any atom is 0.307 e. The normalized spacial score (nSPS) is 10.6. The van der Waals surface area contributed by atoms with Crippen molar-refractivity contribution in [3.05, 3.63) is 81.3 Å². The van der Waals surface area contributed by atoms with Crippen molar-refractivity contribution in [3.8, 4) is 22.6 Å². The molecule has 0 heterocycles. The van der Waals surface area contributed by atoms with Crippen LogP contribution in [0.1, 0.15) is 21.5 Å². The lowest BCUT2D eigenvalue weighted by atomic mass is 10.00. The molecule has 0 aliphatic carbocycles. The second kappa shape index (κ2) is 8.99. The summed E-state index contributed by atoms with van der Waals surface area (Å²) in [4.78, 5) is 21.8. The number of hydrogen-bond acceptors (Lipinski definition) is 4. The highest BCUT2D eigenvalue weighted by molar-refractivity contribution is 6.34. The van der Waals surface area contributed by atoms with Gasteiger partial charge in [0, 0.05) is 17.2 Å². The second-order valence-corrected chi connectivity index (χ2v) is 7.08. The fraction of sp³-hybridized carbons (Fsp3) is 0.0909. The van der Waals surface area contributed by atoms with Crippen molar-refractivity contribution >= 4 is 35.5 Å². The number of carbonyl (C=O) groups excluding carboxylic acids is 1. The number of halogens is 2. The number of ether oxygens (including phenoxy) is 1. The molecule has 0 saturated carbocycles. The molecule has 7 heteroatoms. The minimum Gasteiger partial charge on any atom is -0.507 e. The monoisotopic (exact) mass is 430 g/mol. The third-order valence-electron chi connectivity index (χ3n) is 4.26. The van der Waals surface area contributed by atoms with E-state index in [1.165, 1.54) is 12.1 Å². The van der Waals surface area contributed by atoms with Crippen LogP contribution in [0.4, 0.5) is 0 Å². The number of phenols is 1. The standard InChI is InChI=1S/C22H16Cl2O5/c23-18-9-16(11-25)19(26)10-20(18)29-12-15-5-2-6-17(22(15)24)14-4-1-3-13(7-14)8-21(27)28/h1-7,9-11,26H,8,12H2,(H,27,28). The van der Waals surface area contributed by atoms with Crippen LogP contribution in [0.25, 0.3) is 11.1 Å². The van der Waals surface area contributed by atoms with Gasteiger partial charge in [-0.25, -0.2) is 0 Å². The van der Waals surface area contributed by atoms with Gasteiger partial charge in [-0.15, -0.1) is 0 Å². The lowest BCUT2D eigenvalue weighted by Gasteiger charge is -2.13. The van der Waals surface area contributed by atoms with E-state index >= 15 is 0 Å². The van der Waals surface area contributed by atoms with Gasteiger partial charge < -0.3 is 14.9 Å². The minimum absolute atomic E-state index is 0.0728. The molecule has 0 radical (unpaired) electrons. The van der Waals surface area contributed by atoms with Gasteiger partial charge in [0.15, 0.2) is 6.29 Å². The van der Waals surface area contributed by atoms with Crippen molar-refractivity contribution in [3.63, 3.8) is 0 Å². The molecule has 0 spiro atoms. The van der Waals surface area contributed by atoms with E-state index < -0.39 is 5.97 Å². The van der Waals surface area contributed by atoms with Crippen molar-refractivity contribution < 1.29 is 24.5 Å². The molecule has 29 heavy (non-hydrogen) atoms. The Bertz CT molecular complexity index is 1080. The molecule has 3 aromatic rings. The number of carboxylic acids is 1. The summed E-state index contributed by atoms with van der Waals surface area (Å²) in [5, 5.41) is 19.5. The Labute approximate surface area is 177 Å². The lowest BCUT2D eigenvalue weighted by Crippen LogP contribution is -2.00. The summed E-state index contributed by atoms with van der Waals surface area (Å²) in [5.41, 5.74) is 2.96. The Morgan fingerprint density at radius 1 is 1.07 bits per heavy atom. The van der Waals surface area contributed by atoms with E-state index in [1.54, 1.807) is 24.3 Å². The highest BCUT2D eigenvalue weighted by Gasteiger charge is 2.13. The largest absolute Gasteiger partial charge is 0.507 e. The van der Waals surface area contributed by atoms with Crippen LogP contribution in [0.2, 0.25) is 10.0 Å². The molecule has 0 fully saturated rings. The van der Waals surface area contributed by atoms with Crippen molar-refractivity contribution in [2.24, 2.45) is 0 Å². The molecule has 3 rings (SSSR count). The number of carbonyl (C=O) groups is 2. The molecule has 0 aliphatic rings. The maximum atomic E-state index is 11.0. The summed E-state index contributed by atoms with van der Waals surface area (Å²) in [6.07, 6.45) is 0.427. The predicted molar refractivity (Wildman–Crippen MR) is 111 cm³/mol. The zero-order chi connectivity index (χ0) is 21.0. The zero-order valence-electron chi connectivity index (χ0n) is 15.1. The number of phenolic OH excluding ortho intramolecular Hbond substituents is 1. The molecule has 0 amide bonds. The van der Waals surface area contributed by atoms with E-state index in [4.69, 9.17) is 33.0 Å². The molecule has 0 bridgehead atoms. The number of carboxylic acid groups (broad SMARTS) is 1. The van der Waals surface area contributed by atoms with E-state index in [9.17, 15) is 14.7 Å². The molecule has 148 valence electrons. The Balaban J connectivity index is 1.86. The average Bonchev–Trinajstić information content (AvgIpc) is 2.69. The first-order valence-electron chi connectivity index (χ1n) is 8.58. The Morgan fingerprint density at radius 3 is 2.55 bits per heavy atom. The SMILES string of the molecule is O=Cc1cc(Cl)c(OCc2cccc(-c3cccc(CC(=O)O)c3)c2Cl)cc1O. The highest BCUT2D eigenvalue weighted by Crippen LogP contribution is 2.34. The van der Waals surface area contributed by atoms with E-state index in [0.29, 0.717) is 22.4 Å². The minimum atomic E-state index is -0.906. The second-order valence-electron chi connectivity index (χ2n) is 6.30. The fourth-order valence-corrected chi connectivity index (χ4v) is 3.37. The van der Waals surface area contributed by atoms with Gasteiger partial charge in [0.25, 0.3) is 0 Å². The summed E-state index contributed by atoms with van der Waals surface area (Å²) in [7, 11) is 0. The van der Waals surface area contributed by atoms with Crippen molar-refractivity contribution in [2.75, 3.05) is 0 Å². The third-order valence-corrected chi connectivity index (χ3v) is 5.01. The van der Waals surface area contributed by atoms with Crippen LogP contribution in [0.3, 0.4) is 0 Å².